The van der Waals surface area contributed by atoms with Crippen LogP contribution in [0.5, 0.6) is 0 Å². The van der Waals surface area contributed by atoms with E-state index < -0.39 is 11.6 Å². The molecule has 0 bridgehead atoms. The quantitative estimate of drug-likeness (QED) is 0.435. The molecule has 0 aliphatic carbocycles. The molecule has 0 unspecified atom stereocenters. The molecule has 0 atom stereocenters. The van der Waals surface area contributed by atoms with Gasteiger partial charge in [0, 0.05) is 6.42 Å². The highest BCUT2D eigenvalue weighted by Crippen LogP contribution is 2.14. The van der Waals surface area contributed by atoms with E-state index in [-0.39, 0.29) is 6.61 Å². The van der Waals surface area contributed by atoms with Crippen LogP contribution in [-0.4, -0.2) is 40.1 Å². The molecule has 0 saturated heterocycles. The van der Waals surface area contributed by atoms with Gasteiger partial charge in [-0.25, -0.2) is 4.79 Å². The number of aliphatic hydroxyl groups excluding tert-OH is 1. The van der Waals surface area contributed by atoms with Gasteiger partial charge in [0.1, 0.15) is 6.61 Å². The van der Waals surface area contributed by atoms with Gasteiger partial charge in [0.15, 0.2) is 0 Å². The van der Waals surface area contributed by atoms with Crippen LogP contribution in [0.1, 0.15) is 46.5 Å². The maximum atomic E-state index is 10.9. The van der Waals surface area contributed by atoms with E-state index >= 15 is 0 Å². The molecule has 18 heavy (non-hydrogen) atoms. The Labute approximate surface area is 109 Å². The van der Waals surface area contributed by atoms with Crippen LogP contribution < -0.4 is 0 Å². The molecule has 0 saturated carbocycles. The molecular formula is C13H23NO4. The minimum absolute atomic E-state index is 0.0950. The molecule has 0 aliphatic rings. The molecule has 0 spiro atoms. The van der Waals surface area contributed by atoms with Crippen LogP contribution in [0.3, 0.4) is 0 Å². The summed E-state index contributed by atoms with van der Waals surface area (Å²) >= 11 is 0. The predicted octanol–water partition coefficient (Wildman–Crippen LogP) is 2.25. The molecule has 0 aromatic rings. The number of unbranched alkanes of at least 4 members (excludes halogenated alkanes) is 3. The lowest BCUT2D eigenvalue weighted by Crippen LogP contribution is -2.44. The van der Waals surface area contributed by atoms with Crippen molar-refractivity contribution in [1.29, 1.82) is 0 Å². The number of hydroxylamine groups is 2. The van der Waals surface area contributed by atoms with E-state index in [1.165, 1.54) is 0 Å². The van der Waals surface area contributed by atoms with E-state index in [4.69, 9.17) is 15.1 Å². The number of amides is 1. The van der Waals surface area contributed by atoms with E-state index in [0.29, 0.717) is 6.61 Å². The van der Waals surface area contributed by atoms with Crippen LogP contribution in [-0.2, 0) is 4.84 Å². The Hall–Kier alpha value is -1.25. The summed E-state index contributed by atoms with van der Waals surface area (Å²) in [6.45, 7) is 5.64. The van der Waals surface area contributed by atoms with Crippen molar-refractivity contribution in [3.05, 3.63) is 0 Å². The van der Waals surface area contributed by atoms with Crippen LogP contribution in [0.4, 0.5) is 4.79 Å². The molecule has 0 rings (SSSR count). The zero-order valence-corrected chi connectivity index (χ0v) is 11.4. The Balaban J connectivity index is 3.72. The fourth-order valence-corrected chi connectivity index (χ4v) is 1.33. The first-order chi connectivity index (χ1) is 8.39. The van der Waals surface area contributed by atoms with E-state index in [9.17, 15) is 4.79 Å². The minimum atomic E-state index is -1.07. The van der Waals surface area contributed by atoms with Gasteiger partial charge in [0.25, 0.3) is 0 Å². The lowest BCUT2D eigenvalue weighted by atomic mass is 10.1. The molecule has 5 heteroatoms. The lowest BCUT2D eigenvalue weighted by molar-refractivity contribution is -0.179. The van der Waals surface area contributed by atoms with Crippen molar-refractivity contribution < 1.29 is 19.8 Å². The highest BCUT2D eigenvalue weighted by Gasteiger charge is 2.27. The van der Waals surface area contributed by atoms with Crippen LogP contribution in [0.2, 0.25) is 0 Å². The molecule has 104 valence electrons. The zero-order valence-electron chi connectivity index (χ0n) is 11.4. The van der Waals surface area contributed by atoms with Crippen molar-refractivity contribution >= 4 is 6.09 Å². The third-order valence-corrected chi connectivity index (χ3v) is 2.15. The summed E-state index contributed by atoms with van der Waals surface area (Å²) in [5, 5.41) is 18.4. The molecular weight excluding hydrogens is 234 g/mol. The van der Waals surface area contributed by atoms with Crippen molar-refractivity contribution in [3.63, 3.8) is 0 Å². The normalized spacial score (nSPS) is 10.7. The second-order valence-corrected chi connectivity index (χ2v) is 4.90. The molecule has 0 heterocycles. The lowest BCUT2D eigenvalue weighted by Gasteiger charge is -2.31. The molecule has 0 radical (unpaired) electrons. The fourth-order valence-electron chi connectivity index (χ4n) is 1.33. The van der Waals surface area contributed by atoms with Gasteiger partial charge in [-0.15, -0.1) is 5.92 Å². The van der Waals surface area contributed by atoms with Crippen LogP contribution >= 0.6 is 0 Å². The number of hydrogen-bond acceptors (Lipinski definition) is 3. The Kier molecular flexibility index (Phi) is 8.17. The predicted molar refractivity (Wildman–Crippen MR) is 68.9 cm³/mol. The summed E-state index contributed by atoms with van der Waals surface area (Å²) in [5.41, 5.74) is -0.557. The van der Waals surface area contributed by atoms with Gasteiger partial charge in [-0.05, 0) is 33.6 Å². The van der Waals surface area contributed by atoms with Gasteiger partial charge >= 0.3 is 6.09 Å². The highest BCUT2D eigenvalue weighted by atomic mass is 16.7. The second kappa shape index (κ2) is 8.78. The Morgan fingerprint density at radius 3 is 2.39 bits per heavy atom. The van der Waals surface area contributed by atoms with Crippen molar-refractivity contribution in [3.8, 4) is 11.8 Å². The molecule has 2 N–H and O–H groups in total. The van der Waals surface area contributed by atoms with Gasteiger partial charge < -0.3 is 10.2 Å². The molecule has 5 nitrogen and oxygen atoms in total. The van der Waals surface area contributed by atoms with E-state index in [1.54, 1.807) is 20.8 Å². The van der Waals surface area contributed by atoms with Crippen molar-refractivity contribution in [2.45, 2.75) is 52.0 Å². The van der Waals surface area contributed by atoms with Gasteiger partial charge in [-0.3, -0.25) is 4.84 Å². The summed E-state index contributed by atoms with van der Waals surface area (Å²) in [6, 6.07) is 0. The Bertz CT molecular complexity index is 298. The number of carbonyl (C=O) groups is 1. The van der Waals surface area contributed by atoms with Gasteiger partial charge in [-0.2, -0.15) is 5.06 Å². The average Bonchev–Trinajstić information content (AvgIpc) is 2.24. The monoisotopic (exact) mass is 257 g/mol. The molecule has 0 aromatic carbocycles. The van der Waals surface area contributed by atoms with Gasteiger partial charge in [0.05, 0.1) is 12.1 Å². The molecule has 0 aromatic heterocycles. The number of carboxylic acid groups (broad SMARTS) is 1. The number of hydrogen-bond donors (Lipinski definition) is 2. The highest BCUT2D eigenvalue weighted by molar-refractivity contribution is 5.64. The summed E-state index contributed by atoms with van der Waals surface area (Å²) in [7, 11) is 0. The first-order valence-corrected chi connectivity index (χ1v) is 6.12. The maximum absolute atomic E-state index is 10.9. The van der Waals surface area contributed by atoms with Crippen LogP contribution in [0.25, 0.3) is 0 Å². The van der Waals surface area contributed by atoms with Gasteiger partial charge in [0.2, 0.25) is 0 Å². The topological polar surface area (TPSA) is 70.0 Å². The summed E-state index contributed by atoms with van der Waals surface area (Å²) in [4.78, 5) is 16.2. The van der Waals surface area contributed by atoms with Crippen molar-refractivity contribution in [2.24, 2.45) is 0 Å². The molecule has 1 amide bonds. The van der Waals surface area contributed by atoms with Crippen molar-refractivity contribution in [2.75, 3.05) is 13.2 Å². The number of aliphatic hydroxyl groups is 1. The summed E-state index contributed by atoms with van der Waals surface area (Å²) in [5.74, 6) is 5.41. The standard InChI is InChI=1S/C13H23NO4/c1-13(2,3)14(12(16)17)18-11-9-7-5-4-6-8-10-15/h15H,4-5,7,9-11H2,1-3H3,(H,16,17). The number of nitrogens with zero attached hydrogens (tertiary/aromatic N) is 1. The van der Waals surface area contributed by atoms with Crippen LogP contribution in [0, 0.1) is 11.8 Å². The summed E-state index contributed by atoms with van der Waals surface area (Å²) in [6.07, 6.45) is 2.33. The first-order valence-electron chi connectivity index (χ1n) is 6.12. The van der Waals surface area contributed by atoms with E-state index in [2.05, 4.69) is 11.8 Å². The third-order valence-electron chi connectivity index (χ3n) is 2.15. The fraction of sp³-hybridized carbons (Fsp3) is 0.769. The largest absolute Gasteiger partial charge is 0.463 e. The maximum Gasteiger partial charge on any atom is 0.431 e. The Morgan fingerprint density at radius 1 is 1.22 bits per heavy atom. The van der Waals surface area contributed by atoms with Crippen LogP contribution in [0.15, 0.2) is 0 Å². The van der Waals surface area contributed by atoms with Gasteiger partial charge in [-0.1, -0.05) is 12.3 Å². The molecule has 0 aliphatic heterocycles. The summed E-state index contributed by atoms with van der Waals surface area (Å²) < 4.78 is 0. The number of rotatable bonds is 6. The smallest absolute Gasteiger partial charge is 0.431 e. The van der Waals surface area contributed by atoms with E-state index in [0.717, 1.165) is 30.7 Å². The van der Waals surface area contributed by atoms with Crippen molar-refractivity contribution in [1.82, 2.24) is 5.06 Å². The minimum Gasteiger partial charge on any atom is -0.463 e. The first kappa shape index (κ1) is 16.8. The third kappa shape index (κ3) is 7.93. The Morgan fingerprint density at radius 2 is 1.89 bits per heavy atom. The second-order valence-electron chi connectivity index (χ2n) is 4.90. The van der Waals surface area contributed by atoms with E-state index in [1.807, 2.05) is 0 Å². The average molecular weight is 257 g/mol. The molecule has 0 fully saturated rings. The SMILES string of the molecule is CC(C)(C)N(OCCCCCC#CCO)C(=O)O. The zero-order chi connectivity index (χ0) is 14.0.